The van der Waals surface area contributed by atoms with Crippen LogP contribution in [0.25, 0.3) is 0 Å². The van der Waals surface area contributed by atoms with Crippen molar-refractivity contribution in [2.45, 2.75) is 83.8 Å². The molecule has 3 heteroatoms. The van der Waals surface area contributed by atoms with E-state index in [-0.39, 0.29) is 5.60 Å². The van der Waals surface area contributed by atoms with Crippen molar-refractivity contribution in [3.8, 4) is 0 Å². The molecule has 0 aromatic carbocycles. The minimum atomic E-state index is 0.0748. The summed E-state index contributed by atoms with van der Waals surface area (Å²) in [7, 11) is 3.95. The Morgan fingerprint density at radius 3 is 2.54 bits per heavy atom. The molecule has 3 saturated carbocycles. The van der Waals surface area contributed by atoms with Gasteiger partial charge in [0.2, 0.25) is 5.91 Å². The number of amides is 1. The van der Waals surface area contributed by atoms with Crippen molar-refractivity contribution in [2.24, 2.45) is 28.6 Å². The van der Waals surface area contributed by atoms with E-state index in [0.717, 1.165) is 30.6 Å². The zero-order valence-electron chi connectivity index (χ0n) is 16.2. The van der Waals surface area contributed by atoms with E-state index in [0.29, 0.717) is 22.8 Å². The summed E-state index contributed by atoms with van der Waals surface area (Å²) < 4.78 is 5.95. The maximum atomic E-state index is 12.2. The van der Waals surface area contributed by atoms with Gasteiger partial charge in [-0.05, 0) is 80.5 Å². The number of carbonyl (C=O) groups excluding carboxylic acids is 1. The number of nitrogens with zero attached hydrogens (tertiary/aromatic N) is 1. The van der Waals surface area contributed by atoms with Crippen molar-refractivity contribution in [1.29, 1.82) is 0 Å². The smallest absolute Gasteiger partial charge is 0.222 e. The summed E-state index contributed by atoms with van der Waals surface area (Å²) in [6.07, 6.45) is 9.53. The van der Waals surface area contributed by atoms with E-state index in [1.807, 2.05) is 7.11 Å². The summed E-state index contributed by atoms with van der Waals surface area (Å²) in [5.41, 5.74) is 0.871. The fourth-order valence-electron chi connectivity index (χ4n) is 7.71. The molecule has 0 aromatic rings. The third-order valence-electron chi connectivity index (χ3n) is 9.00. The number of hydrogen-bond donors (Lipinski definition) is 0. The molecule has 0 bridgehead atoms. The zero-order valence-corrected chi connectivity index (χ0v) is 16.2. The van der Waals surface area contributed by atoms with Crippen molar-refractivity contribution in [2.75, 3.05) is 14.2 Å². The molecule has 7 atom stereocenters. The van der Waals surface area contributed by atoms with Crippen LogP contribution in [0, 0.1) is 28.6 Å². The summed E-state index contributed by atoms with van der Waals surface area (Å²) >= 11 is 0. The second-order valence-electron chi connectivity index (χ2n) is 10.2. The van der Waals surface area contributed by atoms with Gasteiger partial charge in [-0.15, -0.1) is 0 Å². The highest BCUT2D eigenvalue weighted by Gasteiger charge is 2.62. The monoisotopic (exact) mass is 333 g/mol. The van der Waals surface area contributed by atoms with Gasteiger partial charge in [-0.25, -0.2) is 0 Å². The quantitative estimate of drug-likeness (QED) is 0.718. The summed E-state index contributed by atoms with van der Waals surface area (Å²) in [6.45, 7) is 7.36. The average molecular weight is 334 g/mol. The Kier molecular flexibility index (Phi) is 3.67. The van der Waals surface area contributed by atoms with Crippen LogP contribution in [0.15, 0.2) is 0 Å². The van der Waals surface area contributed by atoms with E-state index in [4.69, 9.17) is 4.74 Å². The Bertz CT molecular complexity index is 548. The molecule has 0 radical (unpaired) electrons. The van der Waals surface area contributed by atoms with Gasteiger partial charge in [-0.2, -0.15) is 0 Å². The van der Waals surface area contributed by atoms with Gasteiger partial charge in [0.15, 0.2) is 0 Å². The molecule has 4 rings (SSSR count). The van der Waals surface area contributed by atoms with Crippen molar-refractivity contribution < 1.29 is 9.53 Å². The molecule has 4 fully saturated rings. The third kappa shape index (κ3) is 2.15. The highest BCUT2D eigenvalue weighted by Crippen LogP contribution is 2.66. The number of fused-ring (bicyclic) bond motifs is 5. The van der Waals surface area contributed by atoms with Crippen LogP contribution in [-0.2, 0) is 9.53 Å². The molecule has 1 saturated heterocycles. The highest BCUT2D eigenvalue weighted by atomic mass is 16.5. The highest BCUT2D eigenvalue weighted by molar-refractivity contribution is 5.77. The first-order chi connectivity index (χ1) is 11.2. The average Bonchev–Trinajstić information content (AvgIpc) is 2.83. The second-order valence-corrected chi connectivity index (χ2v) is 10.2. The van der Waals surface area contributed by atoms with Gasteiger partial charge in [0, 0.05) is 26.6 Å². The number of methoxy groups -OCH3 is 1. The standard InChI is InChI=1S/C21H35NO2/c1-19-10-8-15-14(16(19)12-20(2,13-19)24-5)6-7-17-21(15,3)11-9-18(23)22(17)4/h14-17H,6-13H2,1-5H3/t14-,15-,16+,17?,19-,20?,21-/m1/s1. The van der Waals surface area contributed by atoms with Crippen LogP contribution >= 0.6 is 0 Å². The van der Waals surface area contributed by atoms with E-state index in [9.17, 15) is 4.79 Å². The Balaban J connectivity index is 1.64. The van der Waals surface area contributed by atoms with Crippen molar-refractivity contribution in [3.63, 3.8) is 0 Å². The van der Waals surface area contributed by atoms with E-state index >= 15 is 0 Å². The molecule has 24 heavy (non-hydrogen) atoms. The molecular weight excluding hydrogens is 298 g/mol. The van der Waals surface area contributed by atoms with Gasteiger partial charge in [0.25, 0.3) is 0 Å². The molecule has 4 aliphatic rings. The summed E-state index contributed by atoms with van der Waals surface area (Å²) in [5, 5.41) is 0. The first-order valence-electron chi connectivity index (χ1n) is 10.0. The maximum absolute atomic E-state index is 12.2. The van der Waals surface area contributed by atoms with Crippen LogP contribution in [-0.4, -0.2) is 36.6 Å². The van der Waals surface area contributed by atoms with Crippen LogP contribution in [0.4, 0.5) is 0 Å². The summed E-state index contributed by atoms with van der Waals surface area (Å²) in [4.78, 5) is 14.3. The van der Waals surface area contributed by atoms with E-state index in [1.165, 1.54) is 38.5 Å². The van der Waals surface area contributed by atoms with Gasteiger partial charge >= 0.3 is 0 Å². The molecule has 2 unspecified atom stereocenters. The van der Waals surface area contributed by atoms with E-state index in [1.54, 1.807) is 0 Å². The van der Waals surface area contributed by atoms with Crippen LogP contribution in [0.2, 0.25) is 0 Å². The molecule has 1 aliphatic heterocycles. The van der Waals surface area contributed by atoms with Crippen LogP contribution < -0.4 is 0 Å². The normalized spacial score (nSPS) is 54.2. The molecule has 3 aliphatic carbocycles. The Morgan fingerprint density at radius 2 is 1.83 bits per heavy atom. The van der Waals surface area contributed by atoms with Crippen LogP contribution in [0.3, 0.4) is 0 Å². The molecule has 0 N–H and O–H groups in total. The molecular formula is C21H35NO2. The van der Waals surface area contributed by atoms with Crippen molar-refractivity contribution >= 4 is 5.91 Å². The third-order valence-corrected chi connectivity index (χ3v) is 9.00. The first kappa shape index (κ1) is 16.9. The molecule has 1 amide bonds. The summed E-state index contributed by atoms with van der Waals surface area (Å²) in [6, 6.07) is 0.472. The largest absolute Gasteiger partial charge is 0.378 e. The number of likely N-dealkylation sites (tertiary alicyclic amines) is 1. The second kappa shape index (κ2) is 5.22. The van der Waals surface area contributed by atoms with Crippen LogP contribution in [0.5, 0.6) is 0 Å². The van der Waals surface area contributed by atoms with Gasteiger partial charge in [0.1, 0.15) is 0 Å². The number of piperidine rings is 1. The Hall–Kier alpha value is -0.570. The fraction of sp³-hybridized carbons (Fsp3) is 0.952. The minimum absolute atomic E-state index is 0.0748. The lowest BCUT2D eigenvalue weighted by Gasteiger charge is -2.61. The van der Waals surface area contributed by atoms with Gasteiger partial charge in [-0.1, -0.05) is 13.8 Å². The van der Waals surface area contributed by atoms with Gasteiger partial charge < -0.3 is 9.64 Å². The molecule has 0 spiro atoms. The Morgan fingerprint density at radius 1 is 1.08 bits per heavy atom. The van der Waals surface area contributed by atoms with E-state index < -0.39 is 0 Å². The summed E-state index contributed by atoms with van der Waals surface area (Å²) in [5.74, 6) is 2.80. The zero-order chi connectivity index (χ0) is 17.3. The number of rotatable bonds is 1. The first-order valence-corrected chi connectivity index (χ1v) is 10.0. The topological polar surface area (TPSA) is 29.5 Å². The number of hydrogen-bond acceptors (Lipinski definition) is 2. The molecule has 3 nitrogen and oxygen atoms in total. The van der Waals surface area contributed by atoms with Crippen molar-refractivity contribution in [3.05, 3.63) is 0 Å². The minimum Gasteiger partial charge on any atom is -0.378 e. The lowest BCUT2D eigenvalue weighted by Crippen LogP contribution is -2.61. The Labute approximate surface area is 147 Å². The van der Waals surface area contributed by atoms with Gasteiger partial charge in [-0.3, -0.25) is 4.79 Å². The molecule has 136 valence electrons. The number of carbonyl (C=O) groups is 1. The van der Waals surface area contributed by atoms with Crippen molar-refractivity contribution in [1.82, 2.24) is 4.90 Å². The predicted molar refractivity (Wildman–Crippen MR) is 95.6 cm³/mol. The molecule has 1 heterocycles. The lowest BCUT2D eigenvalue weighted by atomic mass is 9.47. The predicted octanol–water partition coefficient (Wildman–Crippen LogP) is 4.25. The number of ether oxygens (including phenoxy) is 1. The lowest BCUT2D eigenvalue weighted by molar-refractivity contribution is -0.156. The SMILES string of the molecule is COC1(C)C[C@H]2[C@@H]3CCC4N(C)C(=O)CC[C@]4(C)[C@@H]3CC[C@]2(C)C1. The molecule has 0 aromatic heterocycles. The van der Waals surface area contributed by atoms with Gasteiger partial charge in [0.05, 0.1) is 5.60 Å². The van der Waals surface area contributed by atoms with E-state index in [2.05, 4.69) is 32.7 Å². The fourth-order valence-corrected chi connectivity index (χ4v) is 7.71. The maximum Gasteiger partial charge on any atom is 0.222 e. The van der Waals surface area contributed by atoms with Crippen LogP contribution in [0.1, 0.15) is 72.1 Å².